The molecule has 0 bridgehead atoms. The third-order valence-corrected chi connectivity index (χ3v) is 6.90. The number of hydrogen-bond donors (Lipinski definition) is 2. The lowest BCUT2D eigenvalue weighted by atomic mass is 10.0. The van der Waals surface area contributed by atoms with E-state index in [1.807, 2.05) is 11.8 Å². The highest BCUT2D eigenvalue weighted by atomic mass is 32.2. The topological polar surface area (TPSA) is 32.3 Å². The van der Waals surface area contributed by atoms with Crippen LogP contribution in [0.15, 0.2) is 29.2 Å². The minimum Gasteiger partial charge on any atom is -0.387 e. The molecule has 0 saturated heterocycles. The summed E-state index contributed by atoms with van der Waals surface area (Å²) in [4.78, 5) is 1.35. The molecule has 1 aliphatic carbocycles. The molecule has 0 spiro atoms. The molecule has 0 aliphatic heterocycles. The van der Waals surface area contributed by atoms with Gasteiger partial charge in [0.1, 0.15) is 0 Å². The maximum Gasteiger partial charge on any atom is 0.0940 e. The Labute approximate surface area is 165 Å². The summed E-state index contributed by atoms with van der Waals surface area (Å²) in [5.74, 6) is 0. The van der Waals surface area contributed by atoms with Gasteiger partial charge in [-0.15, -0.1) is 11.8 Å². The van der Waals surface area contributed by atoms with Gasteiger partial charge in [-0.3, -0.25) is 0 Å². The van der Waals surface area contributed by atoms with E-state index in [1.165, 1.54) is 75.5 Å². The van der Waals surface area contributed by atoms with E-state index in [1.54, 1.807) is 0 Å². The molecule has 1 fully saturated rings. The fourth-order valence-electron chi connectivity index (χ4n) is 3.75. The Hall–Kier alpha value is -0.510. The van der Waals surface area contributed by atoms with Crippen molar-refractivity contribution in [2.75, 3.05) is 6.54 Å². The highest BCUT2D eigenvalue weighted by Gasteiger charge is 2.17. The summed E-state index contributed by atoms with van der Waals surface area (Å²) in [5.41, 5.74) is 1.03. The molecular formula is C23H39NOS. The number of aliphatic hydroxyl groups excluding tert-OH is 1. The first kappa shape index (κ1) is 21.8. The van der Waals surface area contributed by atoms with E-state index >= 15 is 0 Å². The van der Waals surface area contributed by atoms with E-state index in [-0.39, 0.29) is 6.04 Å². The van der Waals surface area contributed by atoms with Crippen LogP contribution in [0.1, 0.15) is 96.1 Å². The van der Waals surface area contributed by atoms with Crippen LogP contribution in [0, 0.1) is 0 Å². The van der Waals surface area contributed by atoms with Crippen molar-refractivity contribution >= 4 is 11.8 Å². The Morgan fingerprint density at radius 2 is 1.65 bits per heavy atom. The normalized spacial score (nSPS) is 18.0. The SMILES string of the molecule is CCCCCCCCNC(C)C(O)c1ccc(SC2CCCCC2)cc1. The number of hydrogen-bond acceptors (Lipinski definition) is 3. The van der Waals surface area contributed by atoms with E-state index in [9.17, 15) is 5.11 Å². The first-order chi connectivity index (χ1) is 12.7. The highest BCUT2D eigenvalue weighted by Crippen LogP contribution is 2.34. The molecule has 2 atom stereocenters. The standard InChI is InChI=1S/C23H39NOS/c1-3-4-5-6-7-11-18-24-19(2)23(25)20-14-16-22(17-15-20)26-21-12-9-8-10-13-21/h14-17,19,21,23-25H,3-13,18H2,1-2H3. The molecule has 1 aliphatic rings. The Morgan fingerprint density at radius 1 is 1.00 bits per heavy atom. The van der Waals surface area contributed by atoms with E-state index < -0.39 is 6.10 Å². The van der Waals surface area contributed by atoms with Crippen molar-refractivity contribution in [3.8, 4) is 0 Å². The zero-order chi connectivity index (χ0) is 18.6. The van der Waals surface area contributed by atoms with Gasteiger partial charge in [-0.1, -0.05) is 70.4 Å². The van der Waals surface area contributed by atoms with Gasteiger partial charge < -0.3 is 10.4 Å². The smallest absolute Gasteiger partial charge is 0.0940 e. The molecule has 1 aromatic carbocycles. The van der Waals surface area contributed by atoms with Crippen LogP contribution in [0.2, 0.25) is 0 Å². The van der Waals surface area contributed by atoms with Gasteiger partial charge in [0.05, 0.1) is 6.10 Å². The number of benzene rings is 1. The van der Waals surface area contributed by atoms with Crippen LogP contribution in [0.4, 0.5) is 0 Å². The number of rotatable bonds is 12. The summed E-state index contributed by atoms with van der Waals surface area (Å²) in [6.07, 6.45) is 14.3. The molecular weight excluding hydrogens is 338 g/mol. The molecule has 3 heteroatoms. The van der Waals surface area contributed by atoms with Crippen LogP contribution in [-0.2, 0) is 0 Å². The maximum absolute atomic E-state index is 10.6. The predicted molar refractivity (Wildman–Crippen MR) is 115 cm³/mol. The molecule has 1 aromatic rings. The average molecular weight is 378 g/mol. The summed E-state index contributed by atoms with van der Waals surface area (Å²) < 4.78 is 0. The number of aliphatic hydroxyl groups is 1. The minimum absolute atomic E-state index is 0.0995. The van der Waals surface area contributed by atoms with Gasteiger partial charge in [-0.05, 0) is 50.4 Å². The second kappa shape index (κ2) is 12.8. The molecule has 0 aromatic heterocycles. The Morgan fingerprint density at radius 3 is 2.35 bits per heavy atom. The molecule has 1 saturated carbocycles. The summed E-state index contributed by atoms with van der Waals surface area (Å²) in [7, 11) is 0. The predicted octanol–water partition coefficient (Wildman–Crippen LogP) is 6.48. The fourth-order valence-corrected chi connectivity index (χ4v) is 5.00. The van der Waals surface area contributed by atoms with Crippen LogP contribution in [0.25, 0.3) is 0 Å². The van der Waals surface area contributed by atoms with Crippen LogP contribution in [0.5, 0.6) is 0 Å². The molecule has 0 amide bonds. The first-order valence-corrected chi connectivity index (χ1v) is 11.8. The number of unbranched alkanes of at least 4 members (excludes halogenated alkanes) is 5. The molecule has 2 nitrogen and oxygen atoms in total. The molecule has 148 valence electrons. The van der Waals surface area contributed by atoms with Gasteiger partial charge in [0.15, 0.2) is 0 Å². The Bertz CT molecular complexity index is 470. The third kappa shape index (κ3) is 8.02. The molecule has 26 heavy (non-hydrogen) atoms. The lowest BCUT2D eigenvalue weighted by Crippen LogP contribution is -2.32. The second-order valence-corrected chi connectivity index (χ2v) is 9.28. The van der Waals surface area contributed by atoms with Crippen molar-refractivity contribution in [2.45, 2.75) is 107 Å². The van der Waals surface area contributed by atoms with E-state index in [4.69, 9.17) is 0 Å². The van der Waals surface area contributed by atoms with Gasteiger partial charge >= 0.3 is 0 Å². The second-order valence-electron chi connectivity index (χ2n) is 7.90. The lowest BCUT2D eigenvalue weighted by Gasteiger charge is -2.22. The van der Waals surface area contributed by atoms with Gasteiger partial charge in [-0.25, -0.2) is 0 Å². The van der Waals surface area contributed by atoms with Crippen molar-refractivity contribution in [3.05, 3.63) is 29.8 Å². The highest BCUT2D eigenvalue weighted by molar-refractivity contribution is 8.00. The molecule has 2 N–H and O–H groups in total. The zero-order valence-corrected chi connectivity index (χ0v) is 17.7. The molecule has 2 unspecified atom stereocenters. The lowest BCUT2D eigenvalue weighted by molar-refractivity contribution is 0.136. The number of nitrogens with one attached hydrogen (secondary N) is 1. The molecule has 0 heterocycles. The Balaban J connectivity index is 1.68. The van der Waals surface area contributed by atoms with Crippen LogP contribution in [-0.4, -0.2) is 22.9 Å². The largest absolute Gasteiger partial charge is 0.387 e. The summed E-state index contributed by atoms with van der Waals surface area (Å²) in [5, 5.41) is 14.9. The minimum atomic E-state index is -0.427. The quantitative estimate of drug-likeness (QED) is 0.409. The molecule has 2 rings (SSSR count). The van der Waals surface area contributed by atoms with Gasteiger partial charge in [0.2, 0.25) is 0 Å². The van der Waals surface area contributed by atoms with Gasteiger partial charge in [0, 0.05) is 16.2 Å². The summed E-state index contributed by atoms with van der Waals surface area (Å²) >= 11 is 2.02. The zero-order valence-electron chi connectivity index (χ0n) is 16.9. The third-order valence-electron chi connectivity index (χ3n) is 5.55. The fraction of sp³-hybridized carbons (Fsp3) is 0.739. The van der Waals surface area contributed by atoms with E-state index in [0.717, 1.165) is 17.4 Å². The van der Waals surface area contributed by atoms with Crippen molar-refractivity contribution in [2.24, 2.45) is 0 Å². The van der Waals surface area contributed by atoms with Crippen LogP contribution >= 0.6 is 11.8 Å². The van der Waals surface area contributed by atoms with Gasteiger partial charge in [-0.2, -0.15) is 0 Å². The van der Waals surface area contributed by atoms with Gasteiger partial charge in [0.25, 0.3) is 0 Å². The van der Waals surface area contributed by atoms with Crippen LogP contribution < -0.4 is 5.32 Å². The van der Waals surface area contributed by atoms with Crippen molar-refractivity contribution < 1.29 is 5.11 Å². The Kier molecular flexibility index (Phi) is 10.7. The maximum atomic E-state index is 10.6. The van der Waals surface area contributed by atoms with Crippen LogP contribution in [0.3, 0.4) is 0 Å². The van der Waals surface area contributed by atoms with E-state index in [0.29, 0.717) is 0 Å². The van der Waals surface area contributed by atoms with Crippen molar-refractivity contribution in [3.63, 3.8) is 0 Å². The number of thioether (sulfide) groups is 1. The van der Waals surface area contributed by atoms with Crippen molar-refractivity contribution in [1.29, 1.82) is 0 Å². The summed E-state index contributed by atoms with van der Waals surface area (Å²) in [6, 6.07) is 8.70. The van der Waals surface area contributed by atoms with Crippen molar-refractivity contribution in [1.82, 2.24) is 5.32 Å². The first-order valence-electron chi connectivity index (χ1n) is 10.9. The molecule has 0 radical (unpaired) electrons. The van der Waals surface area contributed by atoms with E-state index in [2.05, 4.69) is 43.4 Å². The average Bonchev–Trinajstić information content (AvgIpc) is 2.68. The monoisotopic (exact) mass is 377 g/mol. The summed E-state index contributed by atoms with van der Waals surface area (Å²) in [6.45, 7) is 5.35.